The third kappa shape index (κ3) is 4.29. The highest BCUT2D eigenvalue weighted by Gasteiger charge is 2.13. The van der Waals surface area contributed by atoms with E-state index in [1.165, 1.54) is 6.07 Å². The van der Waals surface area contributed by atoms with E-state index in [0.29, 0.717) is 12.2 Å². The van der Waals surface area contributed by atoms with Crippen molar-refractivity contribution in [3.05, 3.63) is 23.8 Å². The number of nitrogens with one attached hydrogen (secondary N) is 1. The van der Waals surface area contributed by atoms with Crippen LogP contribution in [-0.2, 0) is 10.0 Å². The third-order valence-electron chi connectivity index (χ3n) is 2.64. The summed E-state index contributed by atoms with van der Waals surface area (Å²) in [5.41, 5.74) is 7.08. The Hall–Kier alpha value is -1.11. The van der Waals surface area contributed by atoms with Crippen molar-refractivity contribution in [2.45, 2.75) is 18.2 Å². The Kier molecular flexibility index (Phi) is 5.13. The van der Waals surface area contributed by atoms with Crippen LogP contribution in [0, 0.1) is 6.92 Å². The number of aryl methyl sites for hydroxylation is 1. The van der Waals surface area contributed by atoms with Crippen molar-refractivity contribution in [2.75, 3.05) is 32.9 Å². The number of rotatable bonds is 6. The second kappa shape index (κ2) is 6.17. The molecule has 6 heteroatoms. The Labute approximate surface area is 109 Å². The van der Waals surface area contributed by atoms with Crippen molar-refractivity contribution >= 4 is 15.7 Å². The van der Waals surface area contributed by atoms with Crippen LogP contribution in [0.1, 0.15) is 12.0 Å². The minimum Gasteiger partial charge on any atom is -0.398 e. The summed E-state index contributed by atoms with van der Waals surface area (Å²) in [6.07, 6.45) is 0.771. The molecule has 0 aliphatic carbocycles. The number of hydrogen-bond donors (Lipinski definition) is 2. The largest absolute Gasteiger partial charge is 0.398 e. The van der Waals surface area contributed by atoms with E-state index in [1.54, 1.807) is 12.1 Å². The molecule has 1 aromatic carbocycles. The number of benzene rings is 1. The van der Waals surface area contributed by atoms with E-state index in [2.05, 4.69) is 4.72 Å². The molecule has 0 bridgehead atoms. The number of nitrogens with two attached hydrogens (primary N) is 1. The number of hydrogen-bond acceptors (Lipinski definition) is 4. The summed E-state index contributed by atoms with van der Waals surface area (Å²) in [7, 11) is 0.461. The molecular weight excluding hydrogens is 250 g/mol. The summed E-state index contributed by atoms with van der Waals surface area (Å²) in [6.45, 7) is 3.11. The number of nitrogen functional groups attached to an aromatic ring is 1. The van der Waals surface area contributed by atoms with Crippen LogP contribution in [0.5, 0.6) is 0 Å². The summed E-state index contributed by atoms with van der Waals surface area (Å²) >= 11 is 0. The van der Waals surface area contributed by atoms with Crippen LogP contribution in [0.4, 0.5) is 5.69 Å². The van der Waals surface area contributed by atoms with Crippen molar-refractivity contribution < 1.29 is 8.42 Å². The van der Waals surface area contributed by atoms with Crippen LogP contribution in [0.15, 0.2) is 23.1 Å². The number of nitrogens with zero attached hydrogens (tertiary/aromatic N) is 1. The molecule has 0 spiro atoms. The fourth-order valence-electron chi connectivity index (χ4n) is 1.47. The molecule has 0 saturated carbocycles. The van der Waals surface area contributed by atoms with Crippen molar-refractivity contribution in [1.29, 1.82) is 0 Å². The third-order valence-corrected chi connectivity index (χ3v) is 4.09. The monoisotopic (exact) mass is 271 g/mol. The molecule has 0 atom stereocenters. The average molecular weight is 271 g/mol. The van der Waals surface area contributed by atoms with E-state index in [-0.39, 0.29) is 4.90 Å². The van der Waals surface area contributed by atoms with Gasteiger partial charge in [-0.1, -0.05) is 6.07 Å². The van der Waals surface area contributed by atoms with E-state index >= 15 is 0 Å². The van der Waals surface area contributed by atoms with Crippen LogP contribution >= 0.6 is 0 Å². The van der Waals surface area contributed by atoms with E-state index in [4.69, 9.17) is 5.73 Å². The zero-order valence-electron chi connectivity index (χ0n) is 11.1. The van der Waals surface area contributed by atoms with Crippen molar-refractivity contribution in [1.82, 2.24) is 9.62 Å². The molecule has 0 unspecified atom stereocenters. The maximum absolute atomic E-state index is 12.0. The molecule has 102 valence electrons. The van der Waals surface area contributed by atoms with Gasteiger partial charge in [-0.05, 0) is 51.7 Å². The second-order valence-corrected chi connectivity index (χ2v) is 6.34. The first-order valence-corrected chi connectivity index (χ1v) is 7.32. The van der Waals surface area contributed by atoms with E-state index in [9.17, 15) is 8.42 Å². The fraction of sp³-hybridized carbons (Fsp3) is 0.500. The van der Waals surface area contributed by atoms with Gasteiger partial charge in [0.15, 0.2) is 0 Å². The average Bonchev–Trinajstić information content (AvgIpc) is 2.28. The lowest BCUT2D eigenvalue weighted by Gasteiger charge is -2.11. The van der Waals surface area contributed by atoms with Gasteiger partial charge in [-0.3, -0.25) is 0 Å². The first-order chi connectivity index (χ1) is 8.33. The first kappa shape index (κ1) is 14.9. The highest BCUT2D eigenvalue weighted by atomic mass is 32.2. The van der Waals surface area contributed by atoms with Crippen LogP contribution in [0.3, 0.4) is 0 Å². The van der Waals surface area contributed by atoms with E-state index in [1.807, 2.05) is 25.9 Å². The molecule has 0 radical (unpaired) electrons. The molecule has 0 aliphatic rings. The summed E-state index contributed by atoms with van der Waals surface area (Å²) in [5, 5.41) is 0. The van der Waals surface area contributed by atoms with Gasteiger partial charge in [-0.15, -0.1) is 0 Å². The van der Waals surface area contributed by atoms with E-state index in [0.717, 1.165) is 18.5 Å². The van der Waals surface area contributed by atoms with Crippen LogP contribution in [0.2, 0.25) is 0 Å². The first-order valence-electron chi connectivity index (χ1n) is 5.83. The summed E-state index contributed by atoms with van der Waals surface area (Å²) in [6, 6.07) is 4.77. The summed E-state index contributed by atoms with van der Waals surface area (Å²) < 4.78 is 26.5. The second-order valence-electron chi connectivity index (χ2n) is 4.57. The fourth-order valence-corrected chi connectivity index (χ4v) is 2.58. The van der Waals surface area contributed by atoms with Gasteiger partial charge in [-0.2, -0.15) is 0 Å². The standard InChI is InChI=1S/C12H21N3O2S/c1-10-5-6-11(9-12(10)13)18(16,17)14-7-4-8-15(2)3/h5-6,9,14H,4,7-8,13H2,1-3H3. The van der Waals surface area contributed by atoms with Gasteiger partial charge in [-0.25, -0.2) is 13.1 Å². The predicted molar refractivity (Wildman–Crippen MR) is 74.0 cm³/mol. The topological polar surface area (TPSA) is 75.4 Å². The predicted octanol–water partition coefficient (Wildman–Crippen LogP) is 0.807. The molecule has 0 heterocycles. The molecule has 0 aromatic heterocycles. The van der Waals surface area contributed by atoms with Crippen molar-refractivity contribution in [3.63, 3.8) is 0 Å². The van der Waals surface area contributed by atoms with Gasteiger partial charge in [0.25, 0.3) is 0 Å². The van der Waals surface area contributed by atoms with Crippen LogP contribution in [-0.4, -0.2) is 40.5 Å². The molecular formula is C12H21N3O2S. The molecule has 18 heavy (non-hydrogen) atoms. The van der Waals surface area contributed by atoms with Gasteiger partial charge < -0.3 is 10.6 Å². The number of sulfonamides is 1. The highest BCUT2D eigenvalue weighted by molar-refractivity contribution is 7.89. The van der Waals surface area contributed by atoms with E-state index < -0.39 is 10.0 Å². The maximum Gasteiger partial charge on any atom is 0.240 e. The Morgan fingerprint density at radius 3 is 2.56 bits per heavy atom. The minimum atomic E-state index is -3.45. The van der Waals surface area contributed by atoms with Gasteiger partial charge >= 0.3 is 0 Å². The molecule has 0 aliphatic heterocycles. The summed E-state index contributed by atoms with van der Waals surface area (Å²) in [5.74, 6) is 0. The van der Waals surface area contributed by atoms with Crippen molar-refractivity contribution in [2.24, 2.45) is 0 Å². The Bertz CT molecular complexity index is 498. The SMILES string of the molecule is Cc1ccc(S(=O)(=O)NCCCN(C)C)cc1N. The highest BCUT2D eigenvalue weighted by Crippen LogP contribution is 2.16. The van der Waals surface area contributed by atoms with Gasteiger partial charge in [0.05, 0.1) is 4.90 Å². The zero-order valence-corrected chi connectivity index (χ0v) is 11.9. The number of anilines is 1. The lowest BCUT2D eigenvalue weighted by Crippen LogP contribution is -2.27. The van der Waals surface area contributed by atoms with Crippen molar-refractivity contribution in [3.8, 4) is 0 Å². The molecule has 1 rings (SSSR count). The van der Waals surface area contributed by atoms with Crippen LogP contribution < -0.4 is 10.5 Å². The normalized spacial score (nSPS) is 12.0. The molecule has 0 fully saturated rings. The Morgan fingerprint density at radius 2 is 2.00 bits per heavy atom. The molecule has 0 amide bonds. The quantitative estimate of drug-likeness (QED) is 0.593. The Morgan fingerprint density at radius 1 is 1.33 bits per heavy atom. The Balaban J connectivity index is 2.66. The van der Waals surface area contributed by atoms with Gasteiger partial charge in [0.1, 0.15) is 0 Å². The zero-order chi connectivity index (χ0) is 13.8. The lowest BCUT2D eigenvalue weighted by atomic mass is 10.2. The molecule has 1 aromatic rings. The van der Waals surface area contributed by atoms with Gasteiger partial charge in [0.2, 0.25) is 10.0 Å². The molecule has 5 nitrogen and oxygen atoms in total. The lowest BCUT2D eigenvalue weighted by molar-refractivity contribution is 0.400. The molecule has 0 saturated heterocycles. The van der Waals surface area contributed by atoms with Gasteiger partial charge in [0, 0.05) is 12.2 Å². The summed E-state index contributed by atoms with van der Waals surface area (Å²) in [4.78, 5) is 2.23. The maximum atomic E-state index is 12.0. The molecule has 3 N–H and O–H groups in total. The minimum absolute atomic E-state index is 0.218. The smallest absolute Gasteiger partial charge is 0.240 e. The van der Waals surface area contributed by atoms with Crippen LogP contribution in [0.25, 0.3) is 0 Å².